The Balaban J connectivity index is 2.37. The summed E-state index contributed by atoms with van der Waals surface area (Å²) in [5, 5.41) is 0. The number of hydrogen-bond acceptors (Lipinski definition) is 0. The molecule has 0 aliphatic heterocycles. The maximum absolute atomic E-state index is 14.0. The van der Waals surface area contributed by atoms with Gasteiger partial charge in [0.2, 0.25) is 0 Å². The van der Waals surface area contributed by atoms with Gasteiger partial charge in [0, 0.05) is 17.4 Å². The van der Waals surface area contributed by atoms with Crippen molar-refractivity contribution in [2.24, 2.45) is 0 Å². The van der Waals surface area contributed by atoms with Crippen molar-refractivity contribution >= 4 is 27.5 Å². The quantitative estimate of drug-likeness (QED) is 0.502. The molecule has 2 aromatic rings. The van der Waals surface area contributed by atoms with Gasteiger partial charge in [0.15, 0.2) is 0 Å². The first-order valence-electron chi connectivity index (χ1n) is 5.97. The zero-order valence-corrected chi connectivity index (χ0v) is 12.7. The molecule has 0 radical (unpaired) electrons. The van der Waals surface area contributed by atoms with Crippen molar-refractivity contribution in [2.45, 2.75) is 12.3 Å². The topological polar surface area (TPSA) is 0 Å². The van der Waals surface area contributed by atoms with Crippen LogP contribution in [0.1, 0.15) is 17.0 Å². The van der Waals surface area contributed by atoms with E-state index in [4.69, 9.17) is 11.6 Å². The fourth-order valence-electron chi connectivity index (χ4n) is 2.06. The molecule has 0 bridgehead atoms. The smallest absolute Gasteiger partial charge is 0.143 e. The van der Waals surface area contributed by atoms with Gasteiger partial charge in [-0.1, -0.05) is 18.2 Å². The van der Waals surface area contributed by atoms with Crippen LogP contribution < -0.4 is 0 Å². The lowest BCUT2D eigenvalue weighted by Gasteiger charge is -2.16. The first kappa shape index (κ1) is 15.4. The molecule has 20 heavy (non-hydrogen) atoms. The third-order valence-electron chi connectivity index (χ3n) is 3.12. The van der Waals surface area contributed by atoms with Gasteiger partial charge in [0.05, 0.1) is 4.47 Å². The summed E-state index contributed by atoms with van der Waals surface area (Å²) < 4.78 is 41.6. The zero-order chi connectivity index (χ0) is 14.7. The first-order chi connectivity index (χ1) is 9.54. The van der Waals surface area contributed by atoms with Crippen LogP contribution in [0, 0.1) is 17.5 Å². The van der Waals surface area contributed by atoms with Crippen molar-refractivity contribution in [1.82, 2.24) is 0 Å². The number of alkyl halides is 1. The Bertz CT molecular complexity index is 616. The lowest BCUT2D eigenvalue weighted by Crippen LogP contribution is -2.10. The Labute approximate surface area is 128 Å². The molecule has 5 heteroatoms. The Hall–Kier alpha value is -1.000. The van der Waals surface area contributed by atoms with Gasteiger partial charge in [-0.25, -0.2) is 13.2 Å². The lowest BCUT2D eigenvalue weighted by molar-refractivity contribution is 0.532. The van der Waals surface area contributed by atoms with Crippen LogP contribution in [0.15, 0.2) is 40.9 Å². The Morgan fingerprint density at radius 2 is 1.70 bits per heavy atom. The van der Waals surface area contributed by atoms with Crippen LogP contribution in [-0.4, -0.2) is 5.88 Å². The van der Waals surface area contributed by atoms with E-state index in [-0.39, 0.29) is 22.3 Å². The maximum atomic E-state index is 14.0. The molecule has 1 atom stereocenters. The van der Waals surface area contributed by atoms with Crippen LogP contribution in [0.25, 0.3) is 0 Å². The van der Waals surface area contributed by atoms with Crippen molar-refractivity contribution in [1.29, 1.82) is 0 Å². The Kier molecular flexibility index (Phi) is 5.11. The third kappa shape index (κ3) is 3.18. The van der Waals surface area contributed by atoms with Crippen LogP contribution in [0.5, 0.6) is 0 Å². The molecule has 0 fully saturated rings. The van der Waals surface area contributed by atoms with Crippen molar-refractivity contribution in [3.63, 3.8) is 0 Å². The molecular weight excluding hydrogens is 353 g/mol. The third-order valence-corrected chi connectivity index (χ3v) is 4.11. The Morgan fingerprint density at radius 3 is 2.35 bits per heavy atom. The van der Waals surface area contributed by atoms with E-state index >= 15 is 0 Å². The van der Waals surface area contributed by atoms with Gasteiger partial charge >= 0.3 is 0 Å². The summed E-state index contributed by atoms with van der Waals surface area (Å²) in [5.74, 6) is -2.16. The van der Waals surface area contributed by atoms with E-state index < -0.39 is 23.4 Å². The van der Waals surface area contributed by atoms with Gasteiger partial charge in [0.25, 0.3) is 0 Å². The molecule has 0 spiro atoms. The number of benzene rings is 2. The van der Waals surface area contributed by atoms with Crippen LogP contribution in [0.4, 0.5) is 13.2 Å². The van der Waals surface area contributed by atoms with Gasteiger partial charge < -0.3 is 0 Å². The summed E-state index contributed by atoms with van der Waals surface area (Å²) in [7, 11) is 0. The minimum atomic E-state index is -0.670. The molecule has 0 amide bonds. The predicted octanol–water partition coefficient (Wildman–Crippen LogP) is 5.43. The zero-order valence-electron chi connectivity index (χ0n) is 10.3. The molecule has 0 heterocycles. The monoisotopic (exact) mass is 362 g/mol. The molecule has 0 saturated carbocycles. The molecule has 2 rings (SSSR count). The molecule has 2 aromatic carbocycles. The summed E-state index contributed by atoms with van der Waals surface area (Å²) in [6.07, 6.45) is 0.00153. The number of hydrogen-bond donors (Lipinski definition) is 0. The Morgan fingerprint density at radius 1 is 1.00 bits per heavy atom. The largest absolute Gasteiger partial charge is 0.207 e. The van der Waals surface area contributed by atoms with Crippen LogP contribution in [-0.2, 0) is 6.42 Å². The van der Waals surface area contributed by atoms with Gasteiger partial charge in [-0.3, -0.25) is 0 Å². The lowest BCUT2D eigenvalue weighted by atomic mass is 9.92. The van der Waals surface area contributed by atoms with E-state index in [2.05, 4.69) is 15.9 Å². The second kappa shape index (κ2) is 6.64. The standard InChI is InChI=1S/C15H11BrClF3/c16-12-5-6-14(19)11(15(12)20)7-9(8-17)10-3-1-2-4-13(10)18/h1-6,9H,7-8H2. The van der Waals surface area contributed by atoms with Crippen molar-refractivity contribution in [2.75, 3.05) is 5.88 Å². The average Bonchev–Trinajstić information content (AvgIpc) is 2.45. The molecule has 1 unspecified atom stereocenters. The van der Waals surface area contributed by atoms with Crippen molar-refractivity contribution in [3.05, 3.63) is 69.4 Å². The number of rotatable bonds is 4. The fraction of sp³-hybridized carbons (Fsp3) is 0.200. The van der Waals surface area contributed by atoms with E-state index in [1.807, 2.05) is 0 Å². The molecule has 0 aromatic heterocycles. The van der Waals surface area contributed by atoms with Gasteiger partial charge in [-0.05, 0) is 46.1 Å². The van der Waals surface area contributed by atoms with E-state index in [0.29, 0.717) is 5.56 Å². The molecule has 106 valence electrons. The van der Waals surface area contributed by atoms with Gasteiger partial charge in [-0.15, -0.1) is 11.6 Å². The second-order valence-electron chi connectivity index (χ2n) is 4.40. The van der Waals surface area contributed by atoms with Crippen molar-refractivity contribution < 1.29 is 13.2 Å². The summed E-state index contributed by atoms with van der Waals surface area (Å²) in [4.78, 5) is 0. The fourth-order valence-corrected chi connectivity index (χ4v) is 2.70. The predicted molar refractivity (Wildman–Crippen MR) is 77.6 cm³/mol. The normalized spacial score (nSPS) is 12.4. The van der Waals surface area contributed by atoms with Crippen molar-refractivity contribution in [3.8, 4) is 0 Å². The van der Waals surface area contributed by atoms with Crippen LogP contribution in [0.2, 0.25) is 0 Å². The number of halogens is 5. The minimum absolute atomic E-state index is 0.00153. The molecule has 0 N–H and O–H groups in total. The highest BCUT2D eigenvalue weighted by molar-refractivity contribution is 9.10. The van der Waals surface area contributed by atoms with Crippen LogP contribution >= 0.6 is 27.5 Å². The van der Waals surface area contributed by atoms with Crippen LogP contribution in [0.3, 0.4) is 0 Å². The van der Waals surface area contributed by atoms with E-state index in [9.17, 15) is 13.2 Å². The average molecular weight is 364 g/mol. The maximum Gasteiger partial charge on any atom is 0.143 e. The van der Waals surface area contributed by atoms with E-state index in [0.717, 1.165) is 0 Å². The molecule has 0 nitrogen and oxygen atoms in total. The second-order valence-corrected chi connectivity index (χ2v) is 5.56. The molecular formula is C15H11BrClF3. The highest BCUT2D eigenvalue weighted by Gasteiger charge is 2.20. The summed E-state index contributed by atoms with van der Waals surface area (Å²) in [5.41, 5.74) is 0.273. The molecule has 0 saturated heterocycles. The highest BCUT2D eigenvalue weighted by Crippen LogP contribution is 2.29. The SMILES string of the molecule is Fc1ccccc1C(CCl)Cc1c(F)ccc(Br)c1F. The van der Waals surface area contributed by atoms with Gasteiger partial charge in [-0.2, -0.15) is 0 Å². The van der Waals surface area contributed by atoms with E-state index in [1.165, 1.54) is 18.2 Å². The first-order valence-corrected chi connectivity index (χ1v) is 7.30. The minimum Gasteiger partial charge on any atom is -0.207 e. The van der Waals surface area contributed by atoms with Gasteiger partial charge in [0.1, 0.15) is 17.5 Å². The molecule has 0 aliphatic carbocycles. The summed E-state index contributed by atoms with van der Waals surface area (Å²) in [6, 6.07) is 8.59. The molecule has 0 aliphatic rings. The summed E-state index contributed by atoms with van der Waals surface area (Å²) >= 11 is 8.86. The summed E-state index contributed by atoms with van der Waals surface area (Å²) in [6.45, 7) is 0. The highest BCUT2D eigenvalue weighted by atomic mass is 79.9. The van der Waals surface area contributed by atoms with E-state index in [1.54, 1.807) is 18.2 Å².